The Morgan fingerprint density at radius 2 is 1.50 bits per heavy atom. The van der Waals surface area contributed by atoms with Gasteiger partial charge in [0, 0.05) is 17.7 Å². The third-order valence-electron chi connectivity index (χ3n) is 4.96. The van der Waals surface area contributed by atoms with Crippen LogP contribution in [0.4, 0.5) is 0 Å². The molecule has 0 aliphatic carbocycles. The highest BCUT2D eigenvalue weighted by molar-refractivity contribution is 5.87. The van der Waals surface area contributed by atoms with Crippen molar-refractivity contribution in [2.24, 2.45) is 0 Å². The van der Waals surface area contributed by atoms with Crippen LogP contribution in [-0.4, -0.2) is 10.1 Å². The fourth-order valence-electron chi connectivity index (χ4n) is 3.45. The van der Waals surface area contributed by atoms with Gasteiger partial charge in [0.15, 0.2) is 0 Å². The molecule has 0 aliphatic rings. The Labute approximate surface area is 153 Å². The number of hydrogen-bond acceptors (Lipinski definition) is 2. The van der Waals surface area contributed by atoms with Gasteiger partial charge in [-0.25, -0.2) is 4.98 Å². The first-order valence-electron chi connectivity index (χ1n) is 8.85. The molecular weight excluding hydrogens is 318 g/mol. The number of nitrogens with zero attached hydrogens (tertiary/aromatic N) is 1. The van der Waals surface area contributed by atoms with Crippen molar-refractivity contribution in [1.82, 2.24) is 4.98 Å². The van der Waals surface area contributed by atoms with E-state index in [0.29, 0.717) is 5.69 Å². The average molecular weight is 339 g/mol. The van der Waals surface area contributed by atoms with Crippen LogP contribution in [0.2, 0.25) is 0 Å². The third-order valence-corrected chi connectivity index (χ3v) is 4.96. The van der Waals surface area contributed by atoms with Crippen molar-refractivity contribution in [1.29, 1.82) is 0 Å². The molecule has 0 bridgehead atoms. The molecule has 4 aromatic rings. The Hall–Kier alpha value is -3.13. The molecule has 128 valence electrons. The van der Waals surface area contributed by atoms with Gasteiger partial charge >= 0.3 is 0 Å². The van der Waals surface area contributed by atoms with Gasteiger partial charge < -0.3 is 5.11 Å². The third kappa shape index (κ3) is 3.06. The molecular formula is C24H21NO. The van der Waals surface area contributed by atoms with Crippen LogP contribution in [0, 0.1) is 13.8 Å². The van der Waals surface area contributed by atoms with Crippen LogP contribution in [-0.2, 0) is 6.42 Å². The Balaban J connectivity index is 1.76. The summed E-state index contributed by atoms with van der Waals surface area (Å²) >= 11 is 0. The second kappa shape index (κ2) is 6.64. The fraction of sp³-hybridized carbons (Fsp3) is 0.125. The SMILES string of the molecule is Cc1cccc(C)c1Cc1ccc(O)c(-c2ccc3ccccc3c2)n1. The van der Waals surface area contributed by atoms with Gasteiger partial charge in [0.1, 0.15) is 11.4 Å². The van der Waals surface area contributed by atoms with E-state index >= 15 is 0 Å². The van der Waals surface area contributed by atoms with Crippen LogP contribution >= 0.6 is 0 Å². The Bertz CT molecular complexity index is 1080. The van der Waals surface area contributed by atoms with Crippen LogP contribution in [0.5, 0.6) is 5.75 Å². The van der Waals surface area contributed by atoms with Crippen molar-refractivity contribution in [3.8, 4) is 17.0 Å². The predicted molar refractivity (Wildman–Crippen MR) is 108 cm³/mol. The summed E-state index contributed by atoms with van der Waals surface area (Å²) in [5, 5.41) is 12.7. The zero-order chi connectivity index (χ0) is 18.1. The average Bonchev–Trinajstić information content (AvgIpc) is 2.66. The van der Waals surface area contributed by atoms with E-state index in [-0.39, 0.29) is 5.75 Å². The van der Waals surface area contributed by atoms with Crippen molar-refractivity contribution in [2.75, 3.05) is 0 Å². The highest BCUT2D eigenvalue weighted by Crippen LogP contribution is 2.30. The van der Waals surface area contributed by atoms with Crippen LogP contribution in [0.25, 0.3) is 22.0 Å². The number of aromatic hydroxyl groups is 1. The molecule has 2 heteroatoms. The molecule has 0 saturated heterocycles. The number of benzene rings is 3. The number of pyridine rings is 1. The van der Waals surface area contributed by atoms with Gasteiger partial charge in [-0.05, 0) is 59.5 Å². The van der Waals surface area contributed by atoms with Gasteiger partial charge in [0.25, 0.3) is 0 Å². The molecule has 1 N–H and O–H groups in total. The molecule has 26 heavy (non-hydrogen) atoms. The molecule has 1 aromatic heterocycles. The zero-order valence-electron chi connectivity index (χ0n) is 15.0. The highest BCUT2D eigenvalue weighted by atomic mass is 16.3. The number of aryl methyl sites for hydroxylation is 2. The number of fused-ring (bicyclic) bond motifs is 1. The quantitative estimate of drug-likeness (QED) is 0.510. The first-order chi connectivity index (χ1) is 12.6. The Morgan fingerprint density at radius 3 is 2.27 bits per heavy atom. The van der Waals surface area contributed by atoms with E-state index in [1.165, 1.54) is 22.1 Å². The van der Waals surface area contributed by atoms with E-state index in [0.717, 1.165) is 23.1 Å². The molecule has 0 saturated carbocycles. The largest absolute Gasteiger partial charge is 0.506 e. The molecule has 0 radical (unpaired) electrons. The van der Waals surface area contributed by atoms with Crippen LogP contribution in [0.3, 0.4) is 0 Å². The van der Waals surface area contributed by atoms with Crippen molar-refractivity contribution < 1.29 is 5.11 Å². The molecule has 3 aromatic carbocycles. The van der Waals surface area contributed by atoms with E-state index in [9.17, 15) is 5.11 Å². The van der Waals surface area contributed by atoms with E-state index < -0.39 is 0 Å². The van der Waals surface area contributed by atoms with E-state index in [1.54, 1.807) is 6.07 Å². The maximum absolute atomic E-state index is 10.4. The predicted octanol–water partition coefficient (Wildman–Crippen LogP) is 5.82. The molecule has 4 rings (SSSR count). The number of aromatic nitrogens is 1. The highest BCUT2D eigenvalue weighted by Gasteiger charge is 2.11. The van der Waals surface area contributed by atoms with Crippen molar-refractivity contribution >= 4 is 10.8 Å². The molecule has 0 amide bonds. The molecule has 0 atom stereocenters. The summed E-state index contributed by atoms with van der Waals surface area (Å²) in [7, 11) is 0. The zero-order valence-corrected chi connectivity index (χ0v) is 15.0. The van der Waals surface area contributed by atoms with Gasteiger partial charge in [-0.1, -0.05) is 54.6 Å². The van der Waals surface area contributed by atoms with Gasteiger partial charge in [-0.15, -0.1) is 0 Å². The van der Waals surface area contributed by atoms with Gasteiger partial charge in [0.05, 0.1) is 0 Å². The number of rotatable bonds is 3. The summed E-state index contributed by atoms with van der Waals surface area (Å²) in [5.41, 5.74) is 6.38. The lowest BCUT2D eigenvalue weighted by atomic mass is 9.98. The number of hydrogen-bond donors (Lipinski definition) is 1. The Morgan fingerprint density at radius 1 is 0.769 bits per heavy atom. The van der Waals surface area contributed by atoms with Gasteiger partial charge in [0.2, 0.25) is 0 Å². The molecule has 1 heterocycles. The van der Waals surface area contributed by atoms with Crippen LogP contribution in [0.1, 0.15) is 22.4 Å². The lowest BCUT2D eigenvalue weighted by Crippen LogP contribution is -1.99. The molecule has 0 unspecified atom stereocenters. The maximum atomic E-state index is 10.4. The lowest BCUT2D eigenvalue weighted by Gasteiger charge is -2.11. The summed E-state index contributed by atoms with van der Waals surface area (Å²) in [6.07, 6.45) is 0.763. The van der Waals surface area contributed by atoms with E-state index in [2.05, 4.69) is 56.3 Å². The standard InChI is InChI=1S/C24H21NO/c1-16-6-5-7-17(2)22(16)15-21-12-13-23(26)24(25-21)20-11-10-18-8-3-4-9-19(18)14-20/h3-14,26H,15H2,1-2H3. The smallest absolute Gasteiger partial charge is 0.141 e. The summed E-state index contributed by atoms with van der Waals surface area (Å²) in [6.45, 7) is 4.26. The fourth-order valence-corrected chi connectivity index (χ4v) is 3.45. The summed E-state index contributed by atoms with van der Waals surface area (Å²) in [5.74, 6) is 0.213. The summed E-state index contributed by atoms with van der Waals surface area (Å²) in [6, 6.07) is 24.4. The van der Waals surface area contributed by atoms with E-state index in [4.69, 9.17) is 4.98 Å². The second-order valence-electron chi connectivity index (χ2n) is 6.78. The minimum atomic E-state index is 0.213. The minimum Gasteiger partial charge on any atom is -0.506 e. The van der Waals surface area contributed by atoms with Crippen molar-refractivity contribution in [2.45, 2.75) is 20.3 Å². The summed E-state index contributed by atoms with van der Waals surface area (Å²) < 4.78 is 0. The first-order valence-corrected chi connectivity index (χ1v) is 8.85. The Kier molecular flexibility index (Phi) is 4.18. The minimum absolute atomic E-state index is 0.213. The molecule has 0 aliphatic heterocycles. The summed E-state index contributed by atoms with van der Waals surface area (Å²) in [4.78, 5) is 4.78. The van der Waals surface area contributed by atoms with E-state index in [1.807, 2.05) is 24.3 Å². The second-order valence-corrected chi connectivity index (χ2v) is 6.78. The topological polar surface area (TPSA) is 33.1 Å². The van der Waals surface area contributed by atoms with Gasteiger partial charge in [-0.2, -0.15) is 0 Å². The first kappa shape index (κ1) is 16.3. The van der Waals surface area contributed by atoms with Crippen LogP contribution < -0.4 is 0 Å². The molecule has 2 nitrogen and oxygen atoms in total. The van der Waals surface area contributed by atoms with Crippen molar-refractivity contribution in [3.63, 3.8) is 0 Å². The lowest BCUT2D eigenvalue weighted by molar-refractivity contribution is 0.474. The molecule has 0 spiro atoms. The maximum Gasteiger partial charge on any atom is 0.141 e. The normalized spacial score (nSPS) is 11.0. The monoisotopic (exact) mass is 339 g/mol. The van der Waals surface area contributed by atoms with Crippen LogP contribution in [0.15, 0.2) is 72.8 Å². The van der Waals surface area contributed by atoms with Crippen molar-refractivity contribution in [3.05, 3.63) is 95.2 Å². The van der Waals surface area contributed by atoms with Gasteiger partial charge in [-0.3, -0.25) is 0 Å². The molecule has 0 fully saturated rings.